The van der Waals surface area contributed by atoms with Gasteiger partial charge in [-0.25, -0.2) is 0 Å². The van der Waals surface area contributed by atoms with Crippen LogP contribution in [0, 0.1) is 5.92 Å². The van der Waals surface area contributed by atoms with Crippen LogP contribution >= 0.6 is 0 Å². The molecule has 1 N–H and O–H groups in total. The summed E-state index contributed by atoms with van der Waals surface area (Å²) in [6.45, 7) is 10.3. The Morgan fingerprint density at radius 3 is 1.81 bits per heavy atom. The van der Waals surface area contributed by atoms with Crippen molar-refractivity contribution in [2.45, 2.75) is 117 Å². The molecule has 0 spiro atoms. The maximum atomic E-state index is 3.94. The minimum atomic E-state index is 0.670. The fraction of sp³-hybridized carbons (Fsp3) is 0.760. The summed E-state index contributed by atoms with van der Waals surface area (Å²) >= 11 is 0. The van der Waals surface area contributed by atoms with Crippen molar-refractivity contribution >= 4 is 0 Å². The predicted octanol–water partition coefficient (Wildman–Crippen LogP) is 7.67. The van der Waals surface area contributed by atoms with E-state index in [0.29, 0.717) is 6.04 Å². The molecule has 0 aliphatic carbocycles. The minimum absolute atomic E-state index is 0.670. The van der Waals surface area contributed by atoms with E-state index < -0.39 is 0 Å². The molecule has 0 bridgehead atoms. The molecular formula is C25H45N. The third-order valence-electron chi connectivity index (χ3n) is 5.92. The summed E-state index contributed by atoms with van der Waals surface area (Å²) in [6, 6.07) is 9.61. The van der Waals surface area contributed by atoms with Gasteiger partial charge < -0.3 is 5.32 Å². The lowest BCUT2D eigenvalue weighted by atomic mass is 9.86. The molecule has 1 aromatic carbocycles. The summed E-state index contributed by atoms with van der Waals surface area (Å²) in [4.78, 5) is 0. The van der Waals surface area contributed by atoms with Gasteiger partial charge in [-0.3, -0.25) is 0 Å². The molecule has 26 heavy (non-hydrogen) atoms. The van der Waals surface area contributed by atoms with E-state index in [1.165, 1.54) is 81.8 Å². The Hall–Kier alpha value is -0.820. The molecule has 0 amide bonds. The number of hydrogen-bond acceptors (Lipinski definition) is 1. The lowest BCUT2D eigenvalue weighted by molar-refractivity contribution is 0.289. The highest BCUT2D eigenvalue weighted by Crippen LogP contribution is 2.24. The maximum absolute atomic E-state index is 3.94. The second-order valence-electron chi connectivity index (χ2n) is 7.98. The van der Waals surface area contributed by atoms with Crippen molar-refractivity contribution in [3.63, 3.8) is 0 Å². The Kier molecular flexibility index (Phi) is 13.6. The van der Waals surface area contributed by atoms with Crippen LogP contribution in [-0.4, -0.2) is 6.04 Å². The van der Waals surface area contributed by atoms with Crippen LogP contribution in [0.2, 0.25) is 0 Å². The van der Waals surface area contributed by atoms with Gasteiger partial charge in [-0.05, 0) is 42.7 Å². The first kappa shape index (κ1) is 23.2. The van der Waals surface area contributed by atoms with E-state index in [1.54, 1.807) is 0 Å². The first-order valence-electron chi connectivity index (χ1n) is 11.6. The lowest BCUT2D eigenvalue weighted by Crippen LogP contribution is -2.35. The summed E-state index contributed by atoms with van der Waals surface area (Å²) < 4.78 is 0. The monoisotopic (exact) mass is 359 g/mol. The van der Waals surface area contributed by atoms with Gasteiger partial charge in [-0.2, -0.15) is 0 Å². The van der Waals surface area contributed by atoms with Crippen LogP contribution in [-0.2, 0) is 13.0 Å². The van der Waals surface area contributed by atoms with Gasteiger partial charge in [0.15, 0.2) is 0 Å². The van der Waals surface area contributed by atoms with Crippen molar-refractivity contribution in [2.75, 3.05) is 0 Å². The number of nitrogens with one attached hydrogen (secondary N) is 1. The fourth-order valence-electron chi connectivity index (χ4n) is 4.17. The van der Waals surface area contributed by atoms with E-state index in [9.17, 15) is 0 Å². The van der Waals surface area contributed by atoms with Crippen molar-refractivity contribution < 1.29 is 0 Å². The summed E-state index contributed by atoms with van der Waals surface area (Å²) in [5.74, 6) is 0.850. The Labute approximate surface area is 164 Å². The van der Waals surface area contributed by atoms with Crippen molar-refractivity contribution in [3.8, 4) is 0 Å². The zero-order valence-electron chi connectivity index (χ0n) is 18.2. The van der Waals surface area contributed by atoms with Crippen molar-refractivity contribution in [1.82, 2.24) is 5.32 Å². The SMILES string of the molecule is CCCCCCC(CCCCCC)C(CC)NCc1ccccc1CC. The highest BCUT2D eigenvalue weighted by Gasteiger charge is 2.19. The molecule has 1 nitrogen and oxygen atoms in total. The standard InChI is InChI=1S/C25H45N/c1-5-9-11-13-18-23(19-14-12-10-6-2)25(8-4)26-21-24-20-16-15-17-22(24)7-3/h15-17,20,23,25-26H,5-14,18-19,21H2,1-4H3. The van der Waals surface area contributed by atoms with Gasteiger partial charge in [0, 0.05) is 12.6 Å². The largest absolute Gasteiger partial charge is 0.310 e. The molecule has 1 atom stereocenters. The quantitative estimate of drug-likeness (QED) is 0.298. The first-order chi connectivity index (χ1) is 12.8. The van der Waals surface area contributed by atoms with E-state index in [0.717, 1.165) is 18.9 Å². The Balaban J connectivity index is 2.59. The number of unbranched alkanes of at least 4 members (excludes halogenated alkanes) is 6. The van der Waals surface area contributed by atoms with Crippen molar-refractivity contribution in [1.29, 1.82) is 0 Å². The van der Waals surface area contributed by atoms with Gasteiger partial charge >= 0.3 is 0 Å². The van der Waals surface area contributed by atoms with E-state index in [2.05, 4.69) is 57.3 Å². The maximum Gasteiger partial charge on any atom is 0.0210 e. The molecule has 1 aromatic rings. The summed E-state index contributed by atoms with van der Waals surface area (Å²) in [5, 5.41) is 3.94. The van der Waals surface area contributed by atoms with E-state index in [4.69, 9.17) is 0 Å². The molecule has 0 aliphatic rings. The molecule has 0 aliphatic heterocycles. The molecule has 0 fully saturated rings. The normalized spacial score (nSPS) is 12.7. The third kappa shape index (κ3) is 9.21. The predicted molar refractivity (Wildman–Crippen MR) is 118 cm³/mol. The molecule has 1 unspecified atom stereocenters. The van der Waals surface area contributed by atoms with Crippen LogP contribution in [0.4, 0.5) is 0 Å². The van der Waals surface area contributed by atoms with Gasteiger partial charge in [-0.1, -0.05) is 103 Å². The van der Waals surface area contributed by atoms with Crippen LogP contribution in [0.25, 0.3) is 0 Å². The molecule has 0 saturated heterocycles. The Morgan fingerprint density at radius 1 is 0.731 bits per heavy atom. The van der Waals surface area contributed by atoms with E-state index >= 15 is 0 Å². The smallest absolute Gasteiger partial charge is 0.0210 e. The molecule has 0 saturated carbocycles. The van der Waals surface area contributed by atoms with Crippen LogP contribution in [0.15, 0.2) is 24.3 Å². The van der Waals surface area contributed by atoms with Gasteiger partial charge in [0.05, 0.1) is 0 Å². The van der Waals surface area contributed by atoms with Gasteiger partial charge in [0.2, 0.25) is 0 Å². The van der Waals surface area contributed by atoms with Crippen LogP contribution in [0.3, 0.4) is 0 Å². The highest BCUT2D eigenvalue weighted by molar-refractivity contribution is 5.26. The van der Waals surface area contributed by atoms with Crippen LogP contribution < -0.4 is 5.32 Å². The number of benzene rings is 1. The number of rotatable bonds is 16. The molecule has 0 aromatic heterocycles. The first-order valence-corrected chi connectivity index (χ1v) is 11.6. The highest BCUT2D eigenvalue weighted by atomic mass is 14.9. The number of hydrogen-bond donors (Lipinski definition) is 1. The van der Waals surface area contributed by atoms with Crippen molar-refractivity contribution in [3.05, 3.63) is 35.4 Å². The van der Waals surface area contributed by atoms with Crippen LogP contribution in [0.5, 0.6) is 0 Å². The topological polar surface area (TPSA) is 12.0 Å². The molecule has 0 heterocycles. The second kappa shape index (κ2) is 15.3. The van der Waals surface area contributed by atoms with Crippen molar-refractivity contribution in [2.24, 2.45) is 5.92 Å². The lowest BCUT2D eigenvalue weighted by Gasteiger charge is -2.28. The van der Waals surface area contributed by atoms with Gasteiger partial charge in [-0.15, -0.1) is 0 Å². The Morgan fingerprint density at radius 2 is 1.31 bits per heavy atom. The second-order valence-corrected chi connectivity index (χ2v) is 7.98. The zero-order chi connectivity index (χ0) is 19.0. The summed E-state index contributed by atoms with van der Waals surface area (Å²) in [5.41, 5.74) is 2.99. The average molecular weight is 360 g/mol. The number of aryl methyl sites for hydroxylation is 1. The summed E-state index contributed by atoms with van der Waals surface area (Å²) in [6.07, 6.45) is 16.3. The average Bonchev–Trinajstić information content (AvgIpc) is 2.68. The fourth-order valence-corrected chi connectivity index (χ4v) is 4.17. The zero-order valence-corrected chi connectivity index (χ0v) is 18.2. The van der Waals surface area contributed by atoms with Gasteiger partial charge in [0.25, 0.3) is 0 Å². The molecule has 0 radical (unpaired) electrons. The van der Waals surface area contributed by atoms with E-state index in [1.807, 2.05) is 0 Å². The minimum Gasteiger partial charge on any atom is -0.310 e. The summed E-state index contributed by atoms with van der Waals surface area (Å²) in [7, 11) is 0. The Bertz CT molecular complexity index is 428. The van der Waals surface area contributed by atoms with Gasteiger partial charge in [0.1, 0.15) is 0 Å². The molecule has 1 rings (SSSR count). The molecule has 150 valence electrons. The van der Waals surface area contributed by atoms with Crippen LogP contribution in [0.1, 0.15) is 109 Å². The van der Waals surface area contributed by atoms with E-state index in [-0.39, 0.29) is 0 Å². The third-order valence-corrected chi connectivity index (χ3v) is 5.92. The molecule has 1 heteroatoms. The molecular weight excluding hydrogens is 314 g/mol.